The lowest BCUT2D eigenvalue weighted by Crippen LogP contribution is -2.53. The van der Waals surface area contributed by atoms with Crippen LogP contribution in [0.5, 0.6) is 0 Å². The molecule has 3 nitrogen and oxygen atoms in total. The molecule has 1 heterocycles. The maximum Gasteiger partial charge on any atom is 0.401 e. The molecule has 120 valence electrons. The number of nitrogens with one attached hydrogen (secondary N) is 1. The molecule has 1 atom stereocenters. The van der Waals surface area contributed by atoms with Crippen LogP contribution in [-0.2, 0) is 0 Å². The summed E-state index contributed by atoms with van der Waals surface area (Å²) in [7, 11) is 0. The van der Waals surface area contributed by atoms with Gasteiger partial charge in [-0.1, -0.05) is 13.8 Å². The van der Waals surface area contributed by atoms with Crippen LogP contribution in [0.1, 0.15) is 27.2 Å². The zero-order valence-corrected chi connectivity index (χ0v) is 12.8. The van der Waals surface area contributed by atoms with Crippen molar-refractivity contribution >= 4 is 0 Å². The van der Waals surface area contributed by atoms with Gasteiger partial charge in [0.15, 0.2) is 0 Å². The highest BCUT2D eigenvalue weighted by atomic mass is 19.4. The van der Waals surface area contributed by atoms with Crippen LogP contribution >= 0.6 is 0 Å². The molecule has 0 radical (unpaired) electrons. The summed E-state index contributed by atoms with van der Waals surface area (Å²) in [5.74, 6) is 0.698. The Morgan fingerprint density at radius 3 is 2.15 bits per heavy atom. The topological polar surface area (TPSA) is 18.5 Å². The molecule has 0 aliphatic carbocycles. The maximum atomic E-state index is 12.3. The van der Waals surface area contributed by atoms with Crippen molar-refractivity contribution in [1.82, 2.24) is 15.1 Å². The summed E-state index contributed by atoms with van der Waals surface area (Å²) >= 11 is 0. The molecule has 0 aromatic heterocycles. The van der Waals surface area contributed by atoms with Crippen molar-refractivity contribution in [2.75, 3.05) is 45.8 Å². The molecule has 0 bridgehead atoms. The predicted molar refractivity (Wildman–Crippen MR) is 75.9 cm³/mol. The van der Waals surface area contributed by atoms with E-state index in [1.54, 1.807) is 0 Å². The van der Waals surface area contributed by atoms with Crippen LogP contribution in [0.4, 0.5) is 13.2 Å². The van der Waals surface area contributed by atoms with E-state index in [0.29, 0.717) is 25.0 Å². The summed E-state index contributed by atoms with van der Waals surface area (Å²) in [6, 6.07) is 0.384. The van der Waals surface area contributed by atoms with Gasteiger partial charge < -0.3 is 5.32 Å². The van der Waals surface area contributed by atoms with Gasteiger partial charge in [0.05, 0.1) is 6.54 Å². The third kappa shape index (κ3) is 7.45. The Kier molecular flexibility index (Phi) is 7.26. The number of rotatable bonds is 7. The standard InChI is InChI=1S/C14H28F3N3/c1-12(2)4-5-18-10-13(3)20-8-6-19(7-9-20)11-14(15,16)17/h12-13,18H,4-11H2,1-3H3. The third-order valence-electron chi connectivity index (χ3n) is 3.77. The molecule has 1 fully saturated rings. The molecular formula is C14H28F3N3. The van der Waals surface area contributed by atoms with E-state index in [0.717, 1.165) is 32.6 Å². The summed E-state index contributed by atoms with van der Waals surface area (Å²) in [5.41, 5.74) is 0. The minimum absolute atomic E-state index is 0.384. The number of nitrogens with zero attached hydrogens (tertiary/aromatic N) is 2. The molecule has 0 aromatic carbocycles. The second-order valence-corrected chi connectivity index (χ2v) is 6.16. The van der Waals surface area contributed by atoms with Gasteiger partial charge in [0.2, 0.25) is 0 Å². The van der Waals surface area contributed by atoms with E-state index >= 15 is 0 Å². The van der Waals surface area contributed by atoms with Crippen molar-refractivity contribution in [2.24, 2.45) is 5.92 Å². The average molecular weight is 295 g/mol. The van der Waals surface area contributed by atoms with Crippen molar-refractivity contribution in [2.45, 2.75) is 39.4 Å². The minimum Gasteiger partial charge on any atom is -0.315 e. The highest BCUT2D eigenvalue weighted by Crippen LogP contribution is 2.17. The fourth-order valence-electron chi connectivity index (χ4n) is 2.45. The molecule has 0 spiro atoms. The number of hydrogen-bond acceptors (Lipinski definition) is 3. The first-order chi connectivity index (χ1) is 9.28. The zero-order chi connectivity index (χ0) is 15.2. The predicted octanol–water partition coefficient (Wildman–Crippen LogP) is 2.19. The van der Waals surface area contributed by atoms with Crippen molar-refractivity contribution in [1.29, 1.82) is 0 Å². The number of alkyl halides is 3. The van der Waals surface area contributed by atoms with E-state index in [4.69, 9.17) is 0 Å². The normalized spacial score (nSPS) is 20.6. The molecule has 1 N–H and O–H groups in total. The summed E-state index contributed by atoms with van der Waals surface area (Å²) < 4.78 is 36.9. The Bertz CT molecular complexity index is 261. The Morgan fingerprint density at radius 1 is 1.05 bits per heavy atom. The minimum atomic E-state index is -4.08. The van der Waals surface area contributed by atoms with E-state index in [9.17, 15) is 13.2 Å². The summed E-state index contributed by atoms with van der Waals surface area (Å²) in [6.45, 7) is 10.2. The van der Waals surface area contributed by atoms with Crippen LogP contribution in [-0.4, -0.2) is 67.8 Å². The van der Waals surface area contributed by atoms with Crippen molar-refractivity contribution in [3.63, 3.8) is 0 Å². The van der Waals surface area contributed by atoms with Crippen LogP contribution in [0.25, 0.3) is 0 Å². The van der Waals surface area contributed by atoms with E-state index in [2.05, 4.69) is 31.0 Å². The monoisotopic (exact) mass is 295 g/mol. The second kappa shape index (κ2) is 8.20. The third-order valence-corrected chi connectivity index (χ3v) is 3.77. The number of halogens is 3. The highest BCUT2D eigenvalue weighted by Gasteiger charge is 2.32. The summed E-state index contributed by atoms with van der Waals surface area (Å²) in [5, 5.41) is 3.43. The SMILES string of the molecule is CC(C)CCNCC(C)N1CCN(CC(F)(F)F)CC1. The van der Waals surface area contributed by atoms with Gasteiger partial charge >= 0.3 is 6.18 Å². The van der Waals surface area contributed by atoms with Crippen LogP contribution in [0.2, 0.25) is 0 Å². The molecular weight excluding hydrogens is 267 g/mol. The maximum absolute atomic E-state index is 12.3. The van der Waals surface area contributed by atoms with Crippen LogP contribution < -0.4 is 5.32 Å². The molecule has 1 aliphatic heterocycles. The largest absolute Gasteiger partial charge is 0.401 e. The van der Waals surface area contributed by atoms with Crippen molar-refractivity contribution in [3.8, 4) is 0 Å². The second-order valence-electron chi connectivity index (χ2n) is 6.16. The Labute approximate surface area is 120 Å². The first kappa shape index (κ1) is 17.7. The van der Waals surface area contributed by atoms with Crippen molar-refractivity contribution in [3.05, 3.63) is 0 Å². The molecule has 20 heavy (non-hydrogen) atoms. The first-order valence-electron chi connectivity index (χ1n) is 7.52. The smallest absolute Gasteiger partial charge is 0.315 e. The molecule has 1 rings (SSSR count). The summed E-state index contributed by atoms with van der Waals surface area (Å²) in [6.07, 6.45) is -2.92. The van der Waals surface area contributed by atoms with Gasteiger partial charge in [0, 0.05) is 38.8 Å². The quantitative estimate of drug-likeness (QED) is 0.726. The fourth-order valence-corrected chi connectivity index (χ4v) is 2.45. The molecule has 0 saturated carbocycles. The Hall–Kier alpha value is -0.330. The van der Waals surface area contributed by atoms with Gasteiger partial charge in [0.25, 0.3) is 0 Å². The van der Waals surface area contributed by atoms with Crippen molar-refractivity contribution < 1.29 is 13.2 Å². The lowest BCUT2D eigenvalue weighted by molar-refractivity contribution is -0.149. The molecule has 1 saturated heterocycles. The lowest BCUT2D eigenvalue weighted by atomic mass is 10.1. The molecule has 1 aliphatic rings. The van der Waals surface area contributed by atoms with Gasteiger partial charge in [0.1, 0.15) is 0 Å². The van der Waals surface area contributed by atoms with Crippen LogP contribution in [0.15, 0.2) is 0 Å². The van der Waals surface area contributed by atoms with Gasteiger partial charge in [-0.15, -0.1) is 0 Å². The van der Waals surface area contributed by atoms with E-state index < -0.39 is 12.7 Å². The Balaban J connectivity index is 2.17. The lowest BCUT2D eigenvalue weighted by Gasteiger charge is -2.38. The van der Waals surface area contributed by atoms with E-state index in [-0.39, 0.29) is 0 Å². The van der Waals surface area contributed by atoms with Gasteiger partial charge in [-0.05, 0) is 25.8 Å². The first-order valence-corrected chi connectivity index (χ1v) is 7.52. The van der Waals surface area contributed by atoms with Gasteiger partial charge in [-0.2, -0.15) is 13.2 Å². The molecule has 6 heteroatoms. The number of piperazine rings is 1. The summed E-state index contributed by atoms with van der Waals surface area (Å²) in [4.78, 5) is 3.77. The fraction of sp³-hybridized carbons (Fsp3) is 1.00. The average Bonchev–Trinajstić information content (AvgIpc) is 2.33. The zero-order valence-electron chi connectivity index (χ0n) is 12.8. The Morgan fingerprint density at radius 2 is 1.65 bits per heavy atom. The van der Waals surface area contributed by atoms with Gasteiger partial charge in [-0.25, -0.2) is 0 Å². The molecule has 0 amide bonds. The number of hydrogen-bond donors (Lipinski definition) is 1. The van der Waals surface area contributed by atoms with Gasteiger partial charge in [-0.3, -0.25) is 9.80 Å². The van der Waals surface area contributed by atoms with Crippen LogP contribution in [0, 0.1) is 5.92 Å². The molecule has 1 unspecified atom stereocenters. The van der Waals surface area contributed by atoms with E-state index in [1.165, 1.54) is 4.90 Å². The van der Waals surface area contributed by atoms with Crippen LogP contribution in [0.3, 0.4) is 0 Å². The highest BCUT2D eigenvalue weighted by molar-refractivity contribution is 4.78. The van der Waals surface area contributed by atoms with E-state index in [1.807, 2.05) is 0 Å². The molecule has 0 aromatic rings.